The van der Waals surface area contributed by atoms with Gasteiger partial charge in [0.2, 0.25) is 6.29 Å². The van der Waals surface area contributed by atoms with Crippen LogP contribution in [-0.4, -0.2) is 12.2 Å². The van der Waals surface area contributed by atoms with Crippen LogP contribution in [0.2, 0.25) is 4.34 Å². The number of amides is 1. The summed E-state index contributed by atoms with van der Waals surface area (Å²) in [4.78, 5) is 21.3. The molecular weight excluding hydrogens is 198 g/mol. The number of hydrogen-bond donors (Lipinski definition) is 1. The lowest BCUT2D eigenvalue weighted by molar-refractivity contribution is -0.131. The summed E-state index contributed by atoms with van der Waals surface area (Å²) in [5, 5.41) is 2.41. The Balaban J connectivity index is 2.43. The van der Waals surface area contributed by atoms with Crippen molar-refractivity contribution in [3.8, 4) is 0 Å². The Morgan fingerprint density at radius 1 is 1.67 bits per heavy atom. The molecule has 0 bridgehead atoms. The number of thiophene rings is 1. The second-order valence-electron chi connectivity index (χ2n) is 2.04. The molecule has 0 aliphatic rings. The Hall–Kier alpha value is -0.870. The molecule has 0 saturated heterocycles. The van der Waals surface area contributed by atoms with Crippen LogP contribution >= 0.6 is 22.9 Å². The second-order valence-corrected chi connectivity index (χ2v) is 3.84. The average Bonchev–Trinajstić information content (AvgIpc) is 2.47. The van der Waals surface area contributed by atoms with Crippen LogP contribution < -0.4 is 5.32 Å². The predicted octanol–water partition coefficient (Wildman–Crippen LogP) is 1.22. The summed E-state index contributed by atoms with van der Waals surface area (Å²) < 4.78 is 0.672. The number of halogens is 1. The van der Waals surface area contributed by atoms with Gasteiger partial charge in [0, 0.05) is 4.88 Å². The summed E-state index contributed by atoms with van der Waals surface area (Å²) >= 11 is 7.02. The summed E-state index contributed by atoms with van der Waals surface area (Å²) in [6.45, 7) is 0.356. The minimum Gasteiger partial charge on any atom is -0.345 e. The molecule has 0 aliphatic heterocycles. The van der Waals surface area contributed by atoms with Crippen LogP contribution in [0.1, 0.15) is 4.88 Å². The second kappa shape index (κ2) is 4.23. The lowest BCUT2D eigenvalue weighted by atomic mass is 10.4. The van der Waals surface area contributed by atoms with Gasteiger partial charge in [-0.15, -0.1) is 11.3 Å². The largest absolute Gasteiger partial charge is 0.345 e. The van der Waals surface area contributed by atoms with E-state index in [1.165, 1.54) is 11.3 Å². The Kier molecular flexibility index (Phi) is 3.25. The van der Waals surface area contributed by atoms with Crippen molar-refractivity contribution in [2.24, 2.45) is 0 Å². The fraction of sp³-hybridized carbons (Fsp3) is 0.143. The molecule has 1 heterocycles. The van der Waals surface area contributed by atoms with Crippen molar-refractivity contribution in [2.45, 2.75) is 6.54 Å². The van der Waals surface area contributed by atoms with Crippen molar-refractivity contribution in [1.29, 1.82) is 0 Å². The monoisotopic (exact) mass is 203 g/mol. The topological polar surface area (TPSA) is 46.2 Å². The lowest BCUT2D eigenvalue weighted by Gasteiger charge is -1.95. The summed E-state index contributed by atoms with van der Waals surface area (Å²) in [5.74, 6) is -0.612. The Labute approximate surface area is 78.3 Å². The van der Waals surface area contributed by atoms with Gasteiger partial charge in [-0.3, -0.25) is 9.59 Å². The molecular formula is C7H6ClNO2S. The third-order valence-corrected chi connectivity index (χ3v) is 2.40. The van der Waals surface area contributed by atoms with Crippen LogP contribution in [0.4, 0.5) is 0 Å². The van der Waals surface area contributed by atoms with E-state index in [0.717, 1.165) is 4.88 Å². The molecule has 1 rings (SSSR count). The van der Waals surface area contributed by atoms with E-state index in [-0.39, 0.29) is 6.29 Å². The Morgan fingerprint density at radius 3 is 2.92 bits per heavy atom. The van der Waals surface area contributed by atoms with E-state index >= 15 is 0 Å². The zero-order valence-electron chi connectivity index (χ0n) is 6.04. The zero-order chi connectivity index (χ0) is 8.97. The van der Waals surface area contributed by atoms with E-state index in [2.05, 4.69) is 5.32 Å². The molecule has 0 atom stereocenters. The molecule has 64 valence electrons. The van der Waals surface area contributed by atoms with Gasteiger partial charge in [0.15, 0.2) is 0 Å². The van der Waals surface area contributed by atoms with Gasteiger partial charge in [-0.05, 0) is 12.1 Å². The van der Waals surface area contributed by atoms with Gasteiger partial charge in [0.05, 0.1) is 10.9 Å². The van der Waals surface area contributed by atoms with E-state index in [9.17, 15) is 9.59 Å². The number of aldehydes is 1. The highest BCUT2D eigenvalue weighted by Gasteiger charge is 2.00. The molecule has 1 aromatic heterocycles. The molecule has 5 heteroatoms. The van der Waals surface area contributed by atoms with Gasteiger partial charge in [0.25, 0.3) is 5.91 Å². The third-order valence-electron chi connectivity index (χ3n) is 1.17. The summed E-state index contributed by atoms with van der Waals surface area (Å²) in [6.07, 6.45) is 0.245. The van der Waals surface area contributed by atoms with Crippen molar-refractivity contribution in [3.05, 3.63) is 21.3 Å². The van der Waals surface area contributed by atoms with Crippen LogP contribution in [0.3, 0.4) is 0 Å². The number of rotatable bonds is 3. The van der Waals surface area contributed by atoms with Crippen LogP contribution in [0.15, 0.2) is 12.1 Å². The number of carbonyl (C=O) groups is 2. The molecule has 1 aromatic rings. The molecule has 12 heavy (non-hydrogen) atoms. The summed E-state index contributed by atoms with van der Waals surface area (Å²) in [5.41, 5.74) is 0. The fourth-order valence-corrected chi connectivity index (χ4v) is 1.69. The first kappa shape index (κ1) is 9.22. The van der Waals surface area contributed by atoms with Gasteiger partial charge in [-0.2, -0.15) is 0 Å². The van der Waals surface area contributed by atoms with Gasteiger partial charge in [-0.25, -0.2) is 0 Å². The first-order valence-corrected chi connectivity index (χ1v) is 4.39. The predicted molar refractivity (Wildman–Crippen MR) is 47.2 cm³/mol. The molecule has 0 aliphatic carbocycles. The van der Waals surface area contributed by atoms with E-state index in [0.29, 0.717) is 10.9 Å². The molecule has 1 amide bonds. The van der Waals surface area contributed by atoms with E-state index in [1.54, 1.807) is 12.1 Å². The van der Waals surface area contributed by atoms with Crippen molar-refractivity contribution >= 4 is 35.1 Å². The molecule has 1 N–H and O–H groups in total. The first-order valence-electron chi connectivity index (χ1n) is 3.19. The first-order chi connectivity index (χ1) is 5.72. The minimum absolute atomic E-state index is 0.245. The van der Waals surface area contributed by atoms with E-state index < -0.39 is 5.91 Å². The third kappa shape index (κ3) is 2.64. The highest BCUT2D eigenvalue weighted by atomic mass is 35.5. The van der Waals surface area contributed by atoms with Crippen molar-refractivity contribution < 1.29 is 9.59 Å². The Morgan fingerprint density at radius 2 is 2.42 bits per heavy atom. The van der Waals surface area contributed by atoms with Gasteiger partial charge in [-0.1, -0.05) is 11.6 Å². The molecule has 3 nitrogen and oxygen atoms in total. The minimum atomic E-state index is -0.612. The van der Waals surface area contributed by atoms with E-state index in [4.69, 9.17) is 11.6 Å². The quantitative estimate of drug-likeness (QED) is 0.593. The normalized spacial score (nSPS) is 9.42. The number of nitrogens with one attached hydrogen (secondary N) is 1. The smallest absolute Gasteiger partial charge is 0.284 e. The maximum atomic E-state index is 10.5. The summed E-state index contributed by atoms with van der Waals surface area (Å²) in [7, 11) is 0. The fourth-order valence-electron chi connectivity index (χ4n) is 0.663. The van der Waals surface area contributed by atoms with Crippen LogP contribution in [-0.2, 0) is 16.1 Å². The van der Waals surface area contributed by atoms with E-state index in [1.807, 2.05) is 0 Å². The van der Waals surface area contributed by atoms with Crippen LogP contribution in [0.5, 0.6) is 0 Å². The summed E-state index contributed by atoms with van der Waals surface area (Å²) in [6, 6.07) is 3.55. The maximum absolute atomic E-state index is 10.5. The highest BCUT2D eigenvalue weighted by Crippen LogP contribution is 2.20. The van der Waals surface area contributed by atoms with Gasteiger partial charge < -0.3 is 5.32 Å². The van der Waals surface area contributed by atoms with Crippen molar-refractivity contribution in [1.82, 2.24) is 5.32 Å². The molecule has 0 radical (unpaired) electrons. The van der Waals surface area contributed by atoms with Crippen molar-refractivity contribution in [3.63, 3.8) is 0 Å². The molecule has 0 spiro atoms. The molecule has 0 saturated carbocycles. The van der Waals surface area contributed by atoms with Crippen LogP contribution in [0, 0.1) is 0 Å². The number of hydrogen-bond acceptors (Lipinski definition) is 3. The molecule has 0 fully saturated rings. The van der Waals surface area contributed by atoms with Gasteiger partial charge >= 0.3 is 0 Å². The zero-order valence-corrected chi connectivity index (χ0v) is 7.61. The van der Waals surface area contributed by atoms with Gasteiger partial charge in [0.1, 0.15) is 0 Å². The average molecular weight is 204 g/mol. The standard InChI is InChI=1S/C7H6ClNO2S/c8-6-2-1-5(12-6)3-9-7(11)4-10/h1-2,4H,3H2,(H,9,11). The van der Waals surface area contributed by atoms with Crippen LogP contribution in [0.25, 0.3) is 0 Å². The molecule has 0 unspecified atom stereocenters. The maximum Gasteiger partial charge on any atom is 0.284 e. The Bertz CT molecular complexity index is 297. The molecule has 0 aromatic carbocycles. The number of carbonyl (C=O) groups excluding carboxylic acids is 2. The SMILES string of the molecule is O=CC(=O)NCc1ccc(Cl)s1. The lowest BCUT2D eigenvalue weighted by Crippen LogP contribution is -2.22. The highest BCUT2D eigenvalue weighted by molar-refractivity contribution is 7.16. The van der Waals surface area contributed by atoms with Crippen molar-refractivity contribution in [2.75, 3.05) is 0 Å².